The van der Waals surface area contributed by atoms with E-state index < -0.39 is 46.0 Å². The lowest BCUT2D eigenvalue weighted by Gasteiger charge is -2.38. The maximum atomic E-state index is 15.4. The maximum Gasteiger partial charge on any atom is 0.250 e. The first kappa shape index (κ1) is 25.8. The van der Waals surface area contributed by atoms with Crippen molar-refractivity contribution >= 4 is 34.8 Å². The lowest BCUT2D eigenvalue weighted by atomic mass is 9.73. The average molecular weight is 528 g/mol. The predicted octanol–water partition coefficient (Wildman–Crippen LogP) is 4.96. The van der Waals surface area contributed by atoms with E-state index in [0.29, 0.717) is 6.54 Å². The number of carbonyl (C=O) groups excluding carboxylic acids is 1. The molecule has 1 spiro atoms. The van der Waals surface area contributed by atoms with Gasteiger partial charge in [0.2, 0.25) is 6.04 Å². The Morgan fingerprint density at radius 2 is 1.94 bits per heavy atom. The second kappa shape index (κ2) is 9.28. The molecule has 3 aliphatic rings. The van der Waals surface area contributed by atoms with Crippen LogP contribution in [0, 0.1) is 27.7 Å². The number of halogens is 4. The summed E-state index contributed by atoms with van der Waals surface area (Å²) in [6.07, 6.45) is 1.74. The van der Waals surface area contributed by atoms with E-state index in [4.69, 9.17) is 23.2 Å². The molecule has 1 amide bonds. The second-order valence-corrected chi connectivity index (χ2v) is 9.92. The minimum absolute atomic E-state index is 0. The normalized spacial score (nSPS) is 27.6. The Bertz CT molecular complexity index is 1200. The summed E-state index contributed by atoms with van der Waals surface area (Å²) in [7, 11) is 0. The van der Waals surface area contributed by atoms with E-state index in [2.05, 4.69) is 5.32 Å². The number of carbonyl (C=O) groups is 1. The molecular weight excluding hydrogens is 503 g/mol. The smallest absolute Gasteiger partial charge is 0.250 e. The highest BCUT2D eigenvalue weighted by Crippen LogP contribution is 2.59. The van der Waals surface area contributed by atoms with Crippen LogP contribution in [0.1, 0.15) is 43.7 Å². The van der Waals surface area contributed by atoms with Gasteiger partial charge in [0.05, 0.1) is 22.0 Å². The van der Waals surface area contributed by atoms with Crippen LogP contribution in [-0.4, -0.2) is 46.1 Å². The molecule has 2 N–H and O–H groups in total. The second-order valence-electron chi connectivity index (χ2n) is 9.10. The number of hydrogen-bond acceptors (Lipinski definition) is 5. The number of nitrogens with zero attached hydrogens (tertiary/aromatic N) is 2. The van der Waals surface area contributed by atoms with E-state index in [1.54, 1.807) is 4.90 Å². The van der Waals surface area contributed by atoms with Crippen LogP contribution in [0.5, 0.6) is 0 Å². The Morgan fingerprint density at radius 3 is 2.57 bits per heavy atom. The van der Waals surface area contributed by atoms with Crippen LogP contribution in [0.2, 0.25) is 10.0 Å². The summed E-state index contributed by atoms with van der Waals surface area (Å²) < 4.78 is 30.2. The first-order valence-electron chi connectivity index (χ1n) is 11.0. The Morgan fingerprint density at radius 1 is 1.23 bits per heavy atom. The number of benzene rings is 2. The van der Waals surface area contributed by atoms with Crippen molar-refractivity contribution in [1.29, 1.82) is 0 Å². The van der Waals surface area contributed by atoms with Gasteiger partial charge in [0.25, 0.3) is 5.91 Å². The van der Waals surface area contributed by atoms with E-state index in [1.165, 1.54) is 24.3 Å². The third kappa shape index (κ3) is 3.80. The van der Waals surface area contributed by atoms with Crippen molar-refractivity contribution in [2.45, 2.75) is 50.2 Å². The molecule has 2 aromatic carbocycles. The van der Waals surface area contributed by atoms with E-state index in [0.717, 1.165) is 18.9 Å². The summed E-state index contributed by atoms with van der Waals surface area (Å²) in [6, 6.07) is 4.15. The largest absolute Gasteiger partial charge is 0.396 e. The molecule has 0 bridgehead atoms. The van der Waals surface area contributed by atoms with Gasteiger partial charge >= 0.3 is 0 Å². The van der Waals surface area contributed by atoms with Gasteiger partial charge in [-0.1, -0.05) is 42.8 Å². The first-order chi connectivity index (χ1) is 16.2. The number of aliphatic hydroxyl groups is 1. The van der Waals surface area contributed by atoms with Crippen molar-refractivity contribution in [3.8, 4) is 0 Å². The van der Waals surface area contributed by atoms with Gasteiger partial charge in [-0.15, -0.1) is 0 Å². The number of rotatable bonds is 6. The standard InChI is InChI=1S/C23H21Cl2F2N3O4.CH4/c24-14-3-1-2-12(20(14)27)19-21(30(33)34)18(6-7-31)29(10-11-4-5-11)23(19)13-8-16(26)15(25)9-17(13)28-22(23)32;/h1-3,8-9,11,18-19,21,31H,4-7,10H2,(H,28,32);1H4/t18-,19-,21+,23+;/m0./s1. The van der Waals surface area contributed by atoms with E-state index in [9.17, 15) is 24.4 Å². The summed E-state index contributed by atoms with van der Waals surface area (Å²) in [5.74, 6) is -3.44. The van der Waals surface area contributed by atoms with Crippen LogP contribution >= 0.6 is 23.2 Å². The summed E-state index contributed by atoms with van der Waals surface area (Å²) >= 11 is 12.0. The fourth-order valence-corrected chi connectivity index (χ4v) is 6.09. The number of nitro groups is 1. The Kier molecular flexibility index (Phi) is 6.83. The molecule has 1 saturated carbocycles. The molecule has 188 valence electrons. The van der Waals surface area contributed by atoms with Crippen LogP contribution in [-0.2, 0) is 10.3 Å². The van der Waals surface area contributed by atoms with Gasteiger partial charge in [0, 0.05) is 34.9 Å². The van der Waals surface area contributed by atoms with Crippen LogP contribution < -0.4 is 5.32 Å². The van der Waals surface area contributed by atoms with E-state index in [-0.39, 0.29) is 53.2 Å². The lowest BCUT2D eigenvalue weighted by molar-refractivity contribution is -0.528. The third-order valence-corrected chi connectivity index (χ3v) is 7.82. The molecule has 11 heteroatoms. The average Bonchev–Trinajstić information content (AvgIpc) is 3.50. The van der Waals surface area contributed by atoms with Gasteiger partial charge in [0.15, 0.2) is 0 Å². The number of anilines is 1. The van der Waals surface area contributed by atoms with Crippen LogP contribution in [0.25, 0.3) is 0 Å². The fraction of sp³-hybridized carbons (Fsp3) is 0.458. The topological polar surface area (TPSA) is 95.7 Å². The zero-order chi connectivity index (χ0) is 24.4. The van der Waals surface area contributed by atoms with Crippen LogP contribution in [0.15, 0.2) is 30.3 Å². The van der Waals surface area contributed by atoms with E-state index >= 15 is 4.39 Å². The molecule has 1 aliphatic carbocycles. The maximum absolute atomic E-state index is 15.4. The molecule has 5 rings (SSSR count). The molecule has 2 aliphatic heterocycles. The molecule has 7 nitrogen and oxygen atoms in total. The number of likely N-dealkylation sites (tertiary alicyclic amines) is 1. The Balaban J connectivity index is 0.00000289. The molecule has 2 aromatic rings. The highest BCUT2D eigenvalue weighted by Gasteiger charge is 2.71. The van der Waals surface area contributed by atoms with E-state index in [1.807, 2.05) is 0 Å². The molecule has 0 aromatic heterocycles. The molecule has 2 heterocycles. The summed E-state index contributed by atoms with van der Waals surface area (Å²) in [5, 5.41) is 24.6. The van der Waals surface area contributed by atoms with Crippen molar-refractivity contribution in [3.05, 3.63) is 73.3 Å². The SMILES string of the molecule is C.O=C1Nc2cc(Cl)c(F)cc2[C@@]12[C@@H](c1cccc(Cl)c1F)[C@H]([N+](=O)[O-])[C@H](CCO)N2CC1CC1. The van der Waals surface area contributed by atoms with Crippen molar-refractivity contribution in [1.82, 2.24) is 4.90 Å². The van der Waals surface area contributed by atoms with Gasteiger partial charge in [-0.3, -0.25) is 19.8 Å². The third-order valence-electron chi connectivity index (χ3n) is 7.24. The van der Waals surface area contributed by atoms with Gasteiger partial charge in [-0.05, 0) is 43.4 Å². The van der Waals surface area contributed by atoms with Gasteiger partial charge in [-0.2, -0.15) is 0 Å². The molecule has 0 radical (unpaired) electrons. The molecule has 2 fully saturated rings. The first-order valence-corrected chi connectivity index (χ1v) is 11.7. The van der Waals surface area contributed by atoms with Crippen LogP contribution in [0.3, 0.4) is 0 Å². The van der Waals surface area contributed by atoms with Gasteiger partial charge in [-0.25, -0.2) is 8.78 Å². The lowest BCUT2D eigenvalue weighted by Crippen LogP contribution is -2.53. The fourth-order valence-electron chi connectivity index (χ4n) is 5.74. The van der Waals surface area contributed by atoms with Gasteiger partial charge < -0.3 is 10.4 Å². The molecule has 0 unspecified atom stereocenters. The summed E-state index contributed by atoms with van der Waals surface area (Å²) in [4.78, 5) is 27.5. The Labute approximate surface area is 211 Å². The highest BCUT2D eigenvalue weighted by molar-refractivity contribution is 6.31. The number of hydrogen-bond donors (Lipinski definition) is 2. The highest BCUT2D eigenvalue weighted by atomic mass is 35.5. The summed E-state index contributed by atoms with van der Waals surface area (Å²) in [6.45, 7) is -0.0642. The predicted molar refractivity (Wildman–Crippen MR) is 128 cm³/mol. The summed E-state index contributed by atoms with van der Waals surface area (Å²) in [5.41, 5.74) is -1.51. The molecule has 4 atom stereocenters. The van der Waals surface area contributed by atoms with Crippen molar-refractivity contribution in [2.24, 2.45) is 5.92 Å². The molecule has 35 heavy (non-hydrogen) atoms. The monoisotopic (exact) mass is 527 g/mol. The Hall–Kier alpha value is -2.33. The quantitative estimate of drug-likeness (QED) is 0.408. The van der Waals surface area contributed by atoms with Crippen molar-refractivity contribution < 1.29 is 23.6 Å². The number of aliphatic hydroxyl groups excluding tert-OH is 1. The number of fused-ring (bicyclic) bond motifs is 2. The van der Waals surface area contributed by atoms with Gasteiger partial charge in [0.1, 0.15) is 17.2 Å². The molecule has 1 saturated heterocycles. The van der Waals surface area contributed by atoms with Crippen molar-refractivity contribution in [3.63, 3.8) is 0 Å². The number of amides is 1. The number of nitrogens with one attached hydrogen (secondary N) is 1. The zero-order valence-corrected chi connectivity index (χ0v) is 19.3. The molecular formula is C24H25Cl2F2N3O4. The van der Waals surface area contributed by atoms with Crippen LogP contribution in [0.4, 0.5) is 14.5 Å². The minimum atomic E-state index is -1.79. The minimum Gasteiger partial charge on any atom is -0.396 e. The van der Waals surface area contributed by atoms with Crippen molar-refractivity contribution in [2.75, 3.05) is 18.5 Å². The zero-order valence-electron chi connectivity index (χ0n) is 17.8.